The van der Waals surface area contributed by atoms with E-state index >= 15 is 0 Å². The van der Waals surface area contributed by atoms with E-state index in [1.807, 2.05) is 0 Å². The van der Waals surface area contributed by atoms with Gasteiger partial charge in [0.25, 0.3) is 0 Å². The molecule has 0 atom stereocenters. The van der Waals surface area contributed by atoms with E-state index in [2.05, 4.69) is 4.74 Å². The Kier molecular flexibility index (Phi) is 5.81. The average Bonchev–Trinajstić information content (AvgIpc) is 2.41. The quantitative estimate of drug-likeness (QED) is 0.403. The van der Waals surface area contributed by atoms with E-state index in [-0.39, 0.29) is 18.7 Å². The van der Waals surface area contributed by atoms with E-state index in [0.717, 1.165) is 0 Å². The zero-order valence-electron chi connectivity index (χ0n) is 12.2. The Bertz CT molecular complexity index is 631. The van der Waals surface area contributed by atoms with Crippen LogP contribution in [0.4, 0.5) is 39.5 Å². The molecule has 0 N–H and O–H groups in total. The smallest absolute Gasteiger partial charge is 0.417 e. The molecule has 11 heteroatoms. The highest BCUT2D eigenvalue weighted by atomic mass is 19.4. The number of alkyl halides is 9. The topological polar surface area (TPSA) is 26.3 Å². The summed E-state index contributed by atoms with van der Waals surface area (Å²) in [6, 6.07) is -0.235. The molecule has 0 amide bonds. The van der Waals surface area contributed by atoms with Crippen molar-refractivity contribution in [3.05, 3.63) is 40.5 Å². The lowest BCUT2D eigenvalue weighted by molar-refractivity contribution is -0.174. The lowest BCUT2D eigenvalue weighted by Gasteiger charge is -2.21. The zero-order valence-corrected chi connectivity index (χ0v) is 12.2. The maximum Gasteiger partial charge on any atom is 0.417 e. The largest absolute Gasteiger partial charge is 0.463 e. The molecule has 0 saturated heterocycles. The second kappa shape index (κ2) is 6.96. The predicted octanol–water partition coefficient (Wildman–Crippen LogP) is 5.32. The number of halogens is 9. The number of hydrogen-bond acceptors (Lipinski definition) is 2. The van der Waals surface area contributed by atoms with Crippen molar-refractivity contribution in [3.63, 3.8) is 0 Å². The van der Waals surface area contributed by atoms with Gasteiger partial charge in [-0.2, -0.15) is 39.5 Å². The summed E-state index contributed by atoms with van der Waals surface area (Å²) in [6.07, 6.45) is -16.3. The fourth-order valence-corrected chi connectivity index (χ4v) is 1.87. The van der Waals surface area contributed by atoms with E-state index < -0.39 is 46.8 Å². The third-order valence-electron chi connectivity index (χ3n) is 2.75. The van der Waals surface area contributed by atoms with Gasteiger partial charge in [0.2, 0.25) is 0 Å². The highest BCUT2D eigenvalue weighted by Crippen LogP contribution is 2.47. The molecule has 1 rings (SSSR count). The van der Waals surface area contributed by atoms with Gasteiger partial charge in [-0.25, -0.2) is 4.79 Å². The van der Waals surface area contributed by atoms with Gasteiger partial charge in [0.05, 0.1) is 23.3 Å². The van der Waals surface area contributed by atoms with E-state index in [1.54, 1.807) is 0 Å². The first kappa shape index (κ1) is 20.8. The minimum Gasteiger partial charge on any atom is -0.463 e. The van der Waals surface area contributed by atoms with Crippen molar-refractivity contribution in [2.45, 2.75) is 25.5 Å². The van der Waals surface area contributed by atoms with Gasteiger partial charge in [0, 0.05) is 6.08 Å². The minimum atomic E-state index is -5.89. The van der Waals surface area contributed by atoms with Gasteiger partial charge in [0.1, 0.15) is 0 Å². The van der Waals surface area contributed by atoms with Crippen molar-refractivity contribution < 1.29 is 49.0 Å². The number of ether oxygens (including phenoxy) is 1. The molecule has 0 fully saturated rings. The van der Waals surface area contributed by atoms with Crippen LogP contribution in [0.25, 0.3) is 6.08 Å². The molecule has 0 aromatic heterocycles. The monoisotopic (exact) mass is 380 g/mol. The molecule has 0 aliphatic carbocycles. The molecule has 0 heterocycles. The highest BCUT2D eigenvalue weighted by molar-refractivity contribution is 5.87. The van der Waals surface area contributed by atoms with Crippen LogP contribution in [0.15, 0.2) is 18.2 Å². The molecule has 140 valence electrons. The first-order chi connectivity index (χ1) is 11.2. The van der Waals surface area contributed by atoms with E-state index in [0.29, 0.717) is 12.2 Å². The van der Waals surface area contributed by atoms with Crippen molar-refractivity contribution in [3.8, 4) is 0 Å². The number of hydrogen-bond donors (Lipinski definition) is 0. The maximum absolute atomic E-state index is 12.9. The van der Waals surface area contributed by atoms with Gasteiger partial charge < -0.3 is 4.74 Å². The van der Waals surface area contributed by atoms with Gasteiger partial charge in [0.15, 0.2) is 0 Å². The molecular weight excluding hydrogens is 371 g/mol. The molecule has 0 aliphatic heterocycles. The third kappa shape index (κ3) is 5.40. The molecular formula is C14H9F9O2. The normalized spacial score (nSPS) is 13.4. The van der Waals surface area contributed by atoms with Crippen molar-refractivity contribution >= 4 is 12.0 Å². The van der Waals surface area contributed by atoms with Gasteiger partial charge in [-0.3, -0.25) is 0 Å². The number of rotatable bonds is 3. The lowest BCUT2D eigenvalue weighted by Crippen LogP contribution is -2.23. The minimum absolute atomic E-state index is 0.113. The summed E-state index contributed by atoms with van der Waals surface area (Å²) in [5, 5.41) is 0. The molecule has 0 radical (unpaired) electrons. The predicted molar refractivity (Wildman–Crippen MR) is 67.1 cm³/mol. The van der Waals surface area contributed by atoms with Crippen molar-refractivity contribution in [1.82, 2.24) is 0 Å². The Balaban J connectivity index is 3.68. The number of carbonyl (C=O) groups excluding carboxylic acids is 1. The summed E-state index contributed by atoms with van der Waals surface area (Å²) in [5.41, 5.74) is -8.72. The van der Waals surface area contributed by atoms with Crippen LogP contribution < -0.4 is 0 Å². The van der Waals surface area contributed by atoms with Crippen molar-refractivity contribution in [2.24, 2.45) is 0 Å². The summed E-state index contributed by atoms with van der Waals surface area (Å²) in [6.45, 7) is 1.28. The Labute approximate surface area is 134 Å². The van der Waals surface area contributed by atoms with Crippen molar-refractivity contribution in [2.75, 3.05) is 6.61 Å². The van der Waals surface area contributed by atoms with E-state index in [1.165, 1.54) is 6.92 Å². The fraction of sp³-hybridized carbons (Fsp3) is 0.357. The van der Waals surface area contributed by atoms with Crippen LogP contribution in [0.5, 0.6) is 0 Å². The molecule has 0 unspecified atom stereocenters. The first-order valence-electron chi connectivity index (χ1n) is 6.42. The van der Waals surface area contributed by atoms with Crippen LogP contribution in [0.1, 0.15) is 29.2 Å². The lowest BCUT2D eigenvalue weighted by atomic mass is 9.95. The van der Waals surface area contributed by atoms with Crippen LogP contribution in [-0.2, 0) is 28.1 Å². The van der Waals surface area contributed by atoms with Gasteiger partial charge in [-0.1, -0.05) is 0 Å². The molecule has 2 nitrogen and oxygen atoms in total. The third-order valence-corrected chi connectivity index (χ3v) is 2.75. The summed E-state index contributed by atoms with van der Waals surface area (Å²) < 4.78 is 120. The standard InChI is InChI=1S/C14H9F9O2/c1-2-25-10(24)4-3-7-5-8(12(15,16)17)11(14(21,22)23)9(6-7)13(18,19)20/h3-6H,2H2,1H3. The van der Waals surface area contributed by atoms with Crippen LogP contribution in [0.2, 0.25) is 0 Å². The summed E-state index contributed by atoms with van der Waals surface area (Å²) in [5.74, 6) is -1.08. The molecule has 25 heavy (non-hydrogen) atoms. The number of carbonyl (C=O) groups is 1. The Hall–Kier alpha value is -2.20. The van der Waals surface area contributed by atoms with E-state index in [4.69, 9.17) is 0 Å². The first-order valence-corrected chi connectivity index (χ1v) is 6.42. The molecule has 1 aromatic rings. The van der Waals surface area contributed by atoms with Gasteiger partial charge >= 0.3 is 24.5 Å². The zero-order chi connectivity index (χ0) is 19.6. The second-order valence-electron chi connectivity index (χ2n) is 4.57. The summed E-state index contributed by atoms with van der Waals surface area (Å²) in [4.78, 5) is 11.1. The average molecular weight is 380 g/mol. The Morgan fingerprint density at radius 3 is 1.68 bits per heavy atom. The van der Waals surface area contributed by atoms with Crippen LogP contribution in [0, 0.1) is 0 Å². The highest BCUT2D eigenvalue weighted by Gasteiger charge is 2.50. The summed E-state index contributed by atoms with van der Waals surface area (Å²) in [7, 11) is 0. The van der Waals surface area contributed by atoms with E-state index in [9.17, 15) is 44.3 Å². The van der Waals surface area contributed by atoms with Gasteiger partial charge in [-0.15, -0.1) is 0 Å². The second-order valence-corrected chi connectivity index (χ2v) is 4.57. The SMILES string of the molecule is CCOC(=O)C=Cc1cc(C(F)(F)F)c(C(F)(F)F)c(C(F)(F)F)c1. The fourth-order valence-electron chi connectivity index (χ4n) is 1.87. The maximum atomic E-state index is 12.9. The Morgan fingerprint density at radius 2 is 1.36 bits per heavy atom. The molecule has 0 aliphatic rings. The van der Waals surface area contributed by atoms with Crippen molar-refractivity contribution in [1.29, 1.82) is 0 Å². The van der Waals surface area contributed by atoms with Crippen LogP contribution >= 0.6 is 0 Å². The number of benzene rings is 1. The molecule has 0 spiro atoms. The summed E-state index contributed by atoms with van der Waals surface area (Å²) >= 11 is 0. The molecule has 1 aromatic carbocycles. The Morgan fingerprint density at radius 1 is 0.920 bits per heavy atom. The van der Waals surface area contributed by atoms with Gasteiger partial charge in [-0.05, 0) is 30.7 Å². The van der Waals surface area contributed by atoms with Crippen LogP contribution in [-0.4, -0.2) is 12.6 Å². The number of esters is 1. The molecule has 0 saturated carbocycles. The molecule has 0 bridgehead atoms. The van der Waals surface area contributed by atoms with Crippen LogP contribution in [0.3, 0.4) is 0 Å².